The molecule has 2 heterocycles. The fourth-order valence-corrected chi connectivity index (χ4v) is 2.60. The third-order valence-electron chi connectivity index (χ3n) is 3.81. The number of hydrogen-bond acceptors (Lipinski definition) is 4. The number of aromatic nitrogens is 2. The summed E-state index contributed by atoms with van der Waals surface area (Å²) in [5.41, 5.74) is 1.34. The van der Waals surface area contributed by atoms with Crippen molar-refractivity contribution in [1.82, 2.24) is 9.97 Å². The van der Waals surface area contributed by atoms with Crippen LogP contribution in [-0.4, -0.2) is 17.1 Å². The van der Waals surface area contributed by atoms with Gasteiger partial charge in [-0.1, -0.05) is 24.3 Å². The number of rotatable bonds is 3. The maximum atomic E-state index is 12.2. The molecule has 0 bridgehead atoms. The van der Waals surface area contributed by atoms with Crippen LogP contribution in [-0.2, 0) is 0 Å². The number of nitrogens with zero attached hydrogens (tertiary/aromatic N) is 1. The normalized spacial score (nSPS) is 10.9. The Balaban J connectivity index is 1.79. The van der Waals surface area contributed by atoms with Crippen LogP contribution in [0.25, 0.3) is 33.8 Å². The van der Waals surface area contributed by atoms with Gasteiger partial charge in [-0.15, -0.1) is 0 Å². The first-order chi connectivity index (χ1) is 11.7. The van der Waals surface area contributed by atoms with Crippen molar-refractivity contribution in [1.29, 1.82) is 0 Å². The van der Waals surface area contributed by atoms with Gasteiger partial charge in [0, 0.05) is 5.56 Å². The van der Waals surface area contributed by atoms with Gasteiger partial charge in [0.25, 0.3) is 5.56 Å². The highest BCUT2D eigenvalue weighted by atomic mass is 16.5. The Bertz CT molecular complexity index is 1080. The Morgan fingerprint density at radius 3 is 2.71 bits per heavy atom. The predicted octanol–water partition coefficient (Wildman–Crippen LogP) is 3.86. The maximum absolute atomic E-state index is 12.2. The fraction of sp³-hybridized carbons (Fsp3) is 0.0526. The van der Waals surface area contributed by atoms with E-state index in [4.69, 9.17) is 9.15 Å². The van der Waals surface area contributed by atoms with Crippen molar-refractivity contribution in [3.05, 3.63) is 71.0 Å². The average Bonchev–Trinajstić information content (AvgIpc) is 3.12. The van der Waals surface area contributed by atoms with Crippen LogP contribution in [0.2, 0.25) is 0 Å². The minimum atomic E-state index is -0.185. The molecule has 0 spiro atoms. The molecular weight excluding hydrogens is 304 g/mol. The lowest BCUT2D eigenvalue weighted by Gasteiger charge is -2.02. The summed E-state index contributed by atoms with van der Waals surface area (Å²) in [6.45, 7) is 0. The molecule has 0 aliphatic heterocycles. The second-order valence-corrected chi connectivity index (χ2v) is 5.33. The van der Waals surface area contributed by atoms with Crippen molar-refractivity contribution < 1.29 is 9.15 Å². The van der Waals surface area contributed by atoms with Crippen LogP contribution in [0.3, 0.4) is 0 Å². The van der Waals surface area contributed by atoms with Crippen LogP contribution >= 0.6 is 0 Å². The molecule has 118 valence electrons. The Hall–Kier alpha value is -3.34. The number of furan rings is 1. The van der Waals surface area contributed by atoms with Crippen molar-refractivity contribution in [3.63, 3.8) is 0 Å². The SMILES string of the molecule is COc1cccc(-c2ccc(-c3nc4ccccc4c(=O)[nH]3)o2)c1. The van der Waals surface area contributed by atoms with Gasteiger partial charge < -0.3 is 14.1 Å². The van der Waals surface area contributed by atoms with E-state index in [9.17, 15) is 4.79 Å². The summed E-state index contributed by atoms with van der Waals surface area (Å²) in [7, 11) is 1.62. The van der Waals surface area contributed by atoms with Crippen LogP contribution < -0.4 is 10.3 Å². The van der Waals surface area contributed by atoms with Gasteiger partial charge in [-0.05, 0) is 36.4 Å². The molecule has 0 aliphatic carbocycles. The third-order valence-corrected chi connectivity index (χ3v) is 3.81. The van der Waals surface area contributed by atoms with Gasteiger partial charge in [-0.2, -0.15) is 0 Å². The number of benzene rings is 2. The van der Waals surface area contributed by atoms with Gasteiger partial charge in [-0.25, -0.2) is 4.98 Å². The number of methoxy groups -OCH3 is 1. The number of para-hydroxylation sites is 1. The van der Waals surface area contributed by atoms with Crippen LogP contribution in [0.5, 0.6) is 5.75 Å². The lowest BCUT2D eigenvalue weighted by molar-refractivity contribution is 0.415. The van der Waals surface area contributed by atoms with E-state index in [1.165, 1.54) is 0 Å². The zero-order valence-corrected chi connectivity index (χ0v) is 12.9. The zero-order chi connectivity index (χ0) is 16.5. The summed E-state index contributed by atoms with van der Waals surface area (Å²) in [5, 5.41) is 0.556. The van der Waals surface area contributed by atoms with E-state index in [0.29, 0.717) is 28.2 Å². The first-order valence-electron chi connectivity index (χ1n) is 7.48. The topological polar surface area (TPSA) is 68.1 Å². The monoisotopic (exact) mass is 318 g/mol. The first kappa shape index (κ1) is 14.3. The quantitative estimate of drug-likeness (QED) is 0.623. The van der Waals surface area contributed by atoms with E-state index in [2.05, 4.69) is 9.97 Å². The molecule has 0 amide bonds. The highest BCUT2D eigenvalue weighted by molar-refractivity contribution is 5.79. The molecule has 5 heteroatoms. The summed E-state index contributed by atoms with van der Waals surface area (Å²) in [4.78, 5) is 19.4. The molecular formula is C19H14N2O3. The molecule has 4 rings (SSSR count). The van der Waals surface area contributed by atoms with Crippen LogP contribution in [0.4, 0.5) is 0 Å². The Kier molecular flexibility index (Phi) is 3.39. The van der Waals surface area contributed by atoms with Gasteiger partial charge in [0.15, 0.2) is 11.6 Å². The van der Waals surface area contributed by atoms with Crippen molar-refractivity contribution in [3.8, 4) is 28.7 Å². The summed E-state index contributed by atoms with van der Waals surface area (Å²) >= 11 is 0. The summed E-state index contributed by atoms with van der Waals surface area (Å²) in [6, 6.07) is 18.4. The largest absolute Gasteiger partial charge is 0.497 e. The van der Waals surface area contributed by atoms with E-state index in [0.717, 1.165) is 11.3 Å². The molecule has 0 saturated heterocycles. The molecule has 1 N–H and O–H groups in total. The van der Waals surface area contributed by atoms with Crippen LogP contribution in [0.15, 0.2) is 69.9 Å². The molecule has 0 atom stereocenters. The molecule has 24 heavy (non-hydrogen) atoms. The van der Waals surface area contributed by atoms with Gasteiger partial charge in [0.1, 0.15) is 11.5 Å². The van der Waals surface area contributed by atoms with E-state index in [1.807, 2.05) is 42.5 Å². The van der Waals surface area contributed by atoms with Crippen LogP contribution in [0.1, 0.15) is 0 Å². The molecule has 4 aromatic rings. The summed E-state index contributed by atoms with van der Waals surface area (Å²) < 4.78 is 11.1. The van der Waals surface area contributed by atoms with Crippen molar-refractivity contribution >= 4 is 10.9 Å². The van der Waals surface area contributed by atoms with Gasteiger partial charge >= 0.3 is 0 Å². The smallest absolute Gasteiger partial charge is 0.259 e. The molecule has 2 aromatic carbocycles. The maximum Gasteiger partial charge on any atom is 0.259 e. The highest BCUT2D eigenvalue weighted by Crippen LogP contribution is 2.28. The molecule has 2 aromatic heterocycles. The number of ether oxygens (including phenoxy) is 1. The van der Waals surface area contributed by atoms with E-state index in [-0.39, 0.29) is 5.56 Å². The Morgan fingerprint density at radius 2 is 1.83 bits per heavy atom. The molecule has 0 saturated carbocycles. The lowest BCUT2D eigenvalue weighted by Crippen LogP contribution is -2.08. The van der Waals surface area contributed by atoms with Gasteiger partial charge in [0.2, 0.25) is 0 Å². The summed E-state index contributed by atoms with van der Waals surface area (Å²) in [6.07, 6.45) is 0. The fourth-order valence-electron chi connectivity index (χ4n) is 2.60. The van der Waals surface area contributed by atoms with E-state index < -0.39 is 0 Å². The molecule has 0 unspecified atom stereocenters. The van der Waals surface area contributed by atoms with E-state index in [1.54, 1.807) is 25.3 Å². The zero-order valence-electron chi connectivity index (χ0n) is 12.9. The van der Waals surface area contributed by atoms with Gasteiger partial charge in [-0.3, -0.25) is 4.79 Å². The Morgan fingerprint density at radius 1 is 1.00 bits per heavy atom. The summed E-state index contributed by atoms with van der Waals surface area (Å²) in [5.74, 6) is 2.35. The number of H-pyrrole nitrogens is 1. The minimum Gasteiger partial charge on any atom is -0.497 e. The van der Waals surface area contributed by atoms with Crippen molar-refractivity contribution in [2.75, 3.05) is 7.11 Å². The second-order valence-electron chi connectivity index (χ2n) is 5.33. The average molecular weight is 318 g/mol. The number of fused-ring (bicyclic) bond motifs is 1. The molecule has 0 fully saturated rings. The van der Waals surface area contributed by atoms with Crippen molar-refractivity contribution in [2.24, 2.45) is 0 Å². The van der Waals surface area contributed by atoms with E-state index >= 15 is 0 Å². The second kappa shape index (κ2) is 5.70. The molecule has 0 aliphatic rings. The highest BCUT2D eigenvalue weighted by Gasteiger charge is 2.11. The number of nitrogens with one attached hydrogen (secondary N) is 1. The number of aromatic amines is 1. The first-order valence-corrected chi connectivity index (χ1v) is 7.48. The van der Waals surface area contributed by atoms with Crippen LogP contribution in [0, 0.1) is 0 Å². The third kappa shape index (κ3) is 2.46. The lowest BCUT2D eigenvalue weighted by atomic mass is 10.2. The number of hydrogen-bond donors (Lipinski definition) is 1. The predicted molar refractivity (Wildman–Crippen MR) is 92.1 cm³/mol. The van der Waals surface area contributed by atoms with Gasteiger partial charge in [0.05, 0.1) is 18.0 Å². The Labute approximate surface area is 137 Å². The molecule has 0 radical (unpaired) electrons. The van der Waals surface area contributed by atoms with Crippen molar-refractivity contribution in [2.45, 2.75) is 0 Å². The minimum absolute atomic E-state index is 0.185. The standard InChI is InChI=1S/C19H14N2O3/c1-23-13-6-4-5-12(11-13)16-9-10-17(24-16)18-20-15-8-3-2-7-14(15)19(22)21-18/h2-11H,1H3,(H,20,21,22). The molecule has 5 nitrogen and oxygen atoms in total.